The number of sulfonamides is 1. The Balaban J connectivity index is 1.88. The minimum absolute atomic E-state index is 0.0542. The van der Waals surface area contributed by atoms with Crippen molar-refractivity contribution in [1.29, 1.82) is 0 Å². The van der Waals surface area contributed by atoms with Crippen LogP contribution in [0.3, 0.4) is 0 Å². The van der Waals surface area contributed by atoms with Crippen molar-refractivity contribution < 1.29 is 8.42 Å². The summed E-state index contributed by atoms with van der Waals surface area (Å²) in [5.74, 6) is 0.850. The van der Waals surface area contributed by atoms with Crippen LogP contribution in [-0.4, -0.2) is 33.0 Å². The maximum Gasteiger partial charge on any atom is 0.215 e. The van der Waals surface area contributed by atoms with Crippen molar-refractivity contribution in [2.45, 2.75) is 31.2 Å². The van der Waals surface area contributed by atoms with E-state index >= 15 is 0 Å². The Kier molecular flexibility index (Phi) is 5.89. The van der Waals surface area contributed by atoms with Gasteiger partial charge in [0.15, 0.2) is 0 Å². The first kappa shape index (κ1) is 15.8. The molecule has 20 heavy (non-hydrogen) atoms. The average molecular weight is 314 g/mol. The molecule has 1 aromatic carbocycles. The highest BCUT2D eigenvalue weighted by atomic mass is 32.2. The van der Waals surface area contributed by atoms with Crippen LogP contribution < -0.4 is 10.0 Å². The van der Waals surface area contributed by atoms with Crippen LogP contribution in [0.4, 0.5) is 0 Å². The molecule has 0 amide bonds. The van der Waals surface area contributed by atoms with Gasteiger partial charge in [-0.1, -0.05) is 24.3 Å². The first-order valence-electron chi connectivity index (χ1n) is 6.86. The smallest absolute Gasteiger partial charge is 0.215 e. The van der Waals surface area contributed by atoms with Gasteiger partial charge < -0.3 is 5.32 Å². The molecule has 1 fully saturated rings. The third-order valence-corrected chi connectivity index (χ3v) is 5.12. The Bertz CT molecular complexity index is 528. The van der Waals surface area contributed by atoms with Crippen LogP contribution in [0.25, 0.3) is 0 Å². The number of hydrogen-bond acceptors (Lipinski definition) is 4. The largest absolute Gasteiger partial charge is 0.310 e. The highest BCUT2D eigenvalue weighted by Crippen LogP contribution is 2.19. The maximum absolute atomic E-state index is 11.9. The molecule has 0 bridgehead atoms. The minimum Gasteiger partial charge on any atom is -0.310 e. The predicted molar refractivity (Wildman–Crippen MR) is 85.3 cm³/mol. The third kappa shape index (κ3) is 5.83. The van der Waals surface area contributed by atoms with E-state index in [4.69, 9.17) is 0 Å². The van der Waals surface area contributed by atoms with Crippen molar-refractivity contribution in [3.63, 3.8) is 0 Å². The third-order valence-electron chi connectivity index (χ3n) is 3.15. The predicted octanol–water partition coefficient (Wildman–Crippen LogP) is 1.72. The molecule has 0 unspecified atom stereocenters. The van der Waals surface area contributed by atoms with E-state index in [1.54, 1.807) is 11.8 Å². The zero-order valence-corrected chi connectivity index (χ0v) is 13.4. The Hall–Kier alpha value is -0.560. The van der Waals surface area contributed by atoms with E-state index in [-0.39, 0.29) is 5.75 Å². The summed E-state index contributed by atoms with van der Waals surface area (Å²) in [5.41, 5.74) is 1.99. The molecule has 0 aromatic heterocycles. The Labute approximate surface area is 125 Å². The van der Waals surface area contributed by atoms with E-state index in [9.17, 15) is 8.42 Å². The lowest BCUT2D eigenvalue weighted by Gasteiger charge is -2.08. The summed E-state index contributed by atoms with van der Waals surface area (Å²) in [6.45, 7) is 1.31. The normalized spacial score (nSPS) is 15.4. The average Bonchev–Trinajstić information content (AvgIpc) is 3.20. The van der Waals surface area contributed by atoms with E-state index in [2.05, 4.69) is 10.0 Å². The van der Waals surface area contributed by atoms with Crippen molar-refractivity contribution in [3.05, 3.63) is 35.4 Å². The highest BCUT2D eigenvalue weighted by Gasteiger charge is 2.20. The Morgan fingerprint density at radius 2 is 2.05 bits per heavy atom. The summed E-state index contributed by atoms with van der Waals surface area (Å²) >= 11 is 1.63. The van der Waals surface area contributed by atoms with Crippen LogP contribution in [0.2, 0.25) is 0 Å². The SMILES string of the molecule is CSCCNS(=O)(=O)Cc1cccc(CNC2CC2)c1. The van der Waals surface area contributed by atoms with E-state index in [1.807, 2.05) is 30.5 Å². The monoisotopic (exact) mass is 314 g/mol. The topological polar surface area (TPSA) is 58.2 Å². The van der Waals surface area contributed by atoms with Crippen molar-refractivity contribution in [3.8, 4) is 0 Å². The molecule has 1 aliphatic carbocycles. The Morgan fingerprint density at radius 3 is 2.75 bits per heavy atom. The van der Waals surface area contributed by atoms with Gasteiger partial charge in [0, 0.05) is 24.9 Å². The lowest BCUT2D eigenvalue weighted by Crippen LogP contribution is -2.27. The molecule has 4 nitrogen and oxygen atoms in total. The first-order valence-corrected chi connectivity index (χ1v) is 9.91. The molecule has 112 valence electrons. The number of hydrogen-bond donors (Lipinski definition) is 2. The van der Waals surface area contributed by atoms with Gasteiger partial charge in [-0.25, -0.2) is 13.1 Å². The van der Waals surface area contributed by atoms with Gasteiger partial charge in [0.2, 0.25) is 10.0 Å². The van der Waals surface area contributed by atoms with E-state index in [1.165, 1.54) is 12.8 Å². The number of rotatable bonds is 9. The van der Waals surface area contributed by atoms with E-state index < -0.39 is 10.0 Å². The van der Waals surface area contributed by atoms with E-state index in [0.29, 0.717) is 12.6 Å². The van der Waals surface area contributed by atoms with Crippen LogP contribution in [-0.2, 0) is 22.3 Å². The molecule has 1 aliphatic rings. The molecule has 0 saturated heterocycles. The zero-order valence-electron chi connectivity index (χ0n) is 11.8. The summed E-state index contributed by atoms with van der Waals surface area (Å²) in [4.78, 5) is 0. The second-order valence-corrected chi connectivity index (χ2v) is 7.91. The molecule has 0 spiro atoms. The molecule has 0 aliphatic heterocycles. The standard InChI is InChI=1S/C14H22N2O2S2/c1-19-8-7-16-20(17,18)11-13-4-2-3-12(9-13)10-15-14-5-6-14/h2-4,9,14-16H,5-8,10-11H2,1H3. The van der Waals surface area contributed by atoms with Gasteiger partial charge in [-0.05, 0) is 30.2 Å². The summed E-state index contributed by atoms with van der Waals surface area (Å²) in [6, 6.07) is 8.47. The second-order valence-electron chi connectivity index (χ2n) is 5.12. The molecule has 2 rings (SSSR count). The van der Waals surface area contributed by atoms with Gasteiger partial charge in [0.1, 0.15) is 0 Å². The summed E-state index contributed by atoms with van der Waals surface area (Å²) in [7, 11) is -3.23. The molecule has 1 saturated carbocycles. The quantitative estimate of drug-likeness (QED) is 0.682. The van der Waals surface area contributed by atoms with Gasteiger partial charge >= 0.3 is 0 Å². The van der Waals surface area contributed by atoms with Crippen LogP contribution in [0.1, 0.15) is 24.0 Å². The van der Waals surface area contributed by atoms with Crippen molar-refractivity contribution in [1.82, 2.24) is 10.0 Å². The Morgan fingerprint density at radius 1 is 1.30 bits per heavy atom. The summed E-state index contributed by atoms with van der Waals surface area (Å²) in [5, 5.41) is 3.44. The molecule has 2 N–H and O–H groups in total. The lowest BCUT2D eigenvalue weighted by molar-refractivity contribution is 0.583. The first-order chi connectivity index (χ1) is 9.59. The maximum atomic E-state index is 11.9. The molecular weight excluding hydrogens is 292 g/mol. The molecule has 0 radical (unpaired) electrons. The summed E-state index contributed by atoms with van der Waals surface area (Å²) < 4.78 is 26.5. The van der Waals surface area contributed by atoms with Gasteiger partial charge in [-0.2, -0.15) is 11.8 Å². The fourth-order valence-electron chi connectivity index (χ4n) is 1.95. The number of thioether (sulfide) groups is 1. The van der Waals surface area contributed by atoms with Gasteiger partial charge in [-0.3, -0.25) is 0 Å². The zero-order chi connectivity index (χ0) is 14.4. The molecule has 6 heteroatoms. The minimum atomic E-state index is -3.23. The molecular formula is C14H22N2O2S2. The fourth-order valence-corrected chi connectivity index (χ4v) is 3.52. The van der Waals surface area contributed by atoms with Crippen LogP contribution in [0.15, 0.2) is 24.3 Å². The fraction of sp³-hybridized carbons (Fsp3) is 0.571. The van der Waals surface area contributed by atoms with Gasteiger partial charge in [0.05, 0.1) is 5.75 Å². The molecule has 0 heterocycles. The van der Waals surface area contributed by atoms with Gasteiger partial charge in [0.25, 0.3) is 0 Å². The summed E-state index contributed by atoms with van der Waals surface area (Å²) in [6.07, 6.45) is 4.48. The van der Waals surface area contributed by atoms with Gasteiger partial charge in [-0.15, -0.1) is 0 Å². The van der Waals surface area contributed by atoms with E-state index in [0.717, 1.165) is 23.4 Å². The molecule has 1 aromatic rings. The van der Waals surface area contributed by atoms with Crippen molar-refractivity contribution >= 4 is 21.8 Å². The lowest BCUT2D eigenvalue weighted by atomic mass is 10.1. The van der Waals surface area contributed by atoms with Crippen LogP contribution in [0, 0.1) is 0 Å². The molecule has 0 atom stereocenters. The van der Waals surface area contributed by atoms with Crippen LogP contribution in [0.5, 0.6) is 0 Å². The number of nitrogens with one attached hydrogen (secondary N) is 2. The second kappa shape index (κ2) is 7.45. The van der Waals surface area contributed by atoms with Crippen molar-refractivity contribution in [2.75, 3.05) is 18.6 Å². The van der Waals surface area contributed by atoms with Crippen molar-refractivity contribution in [2.24, 2.45) is 0 Å². The van der Waals surface area contributed by atoms with Crippen LogP contribution >= 0.6 is 11.8 Å². The number of benzene rings is 1. The highest BCUT2D eigenvalue weighted by molar-refractivity contribution is 7.98.